The van der Waals surface area contributed by atoms with E-state index in [1.807, 2.05) is 24.3 Å². The van der Waals surface area contributed by atoms with E-state index in [1.54, 1.807) is 0 Å². The summed E-state index contributed by atoms with van der Waals surface area (Å²) in [5, 5.41) is 3.12. The summed E-state index contributed by atoms with van der Waals surface area (Å²) in [4.78, 5) is 0. The van der Waals surface area contributed by atoms with Gasteiger partial charge in [0.1, 0.15) is 19.3 Å². The molecule has 1 aliphatic rings. The third kappa shape index (κ3) is 3.90. The predicted octanol–water partition coefficient (Wildman–Crippen LogP) is 2.77. The maximum absolute atomic E-state index is 13.4. The highest BCUT2D eigenvalue weighted by molar-refractivity contribution is 5.40. The quantitative estimate of drug-likeness (QED) is 0.831. The van der Waals surface area contributed by atoms with Gasteiger partial charge in [-0.2, -0.15) is 0 Å². The number of hydrogen-bond donors (Lipinski definition) is 1. The Morgan fingerprint density at radius 1 is 1.04 bits per heavy atom. The highest BCUT2D eigenvalue weighted by atomic mass is 19.1. The van der Waals surface area contributed by atoms with E-state index in [9.17, 15) is 8.78 Å². The van der Waals surface area contributed by atoms with Crippen LogP contribution in [0.15, 0.2) is 42.5 Å². The second-order valence-electron chi connectivity index (χ2n) is 5.10. The molecule has 0 amide bonds. The molecule has 4 nitrogen and oxygen atoms in total. The average molecular weight is 321 g/mol. The van der Waals surface area contributed by atoms with E-state index in [1.165, 1.54) is 6.07 Å². The maximum Gasteiger partial charge on any atom is 0.190 e. The van der Waals surface area contributed by atoms with E-state index in [-0.39, 0.29) is 18.5 Å². The molecule has 0 saturated heterocycles. The summed E-state index contributed by atoms with van der Waals surface area (Å²) in [5.41, 5.74) is 0. The smallest absolute Gasteiger partial charge is 0.190 e. The van der Waals surface area contributed by atoms with Crippen LogP contribution >= 0.6 is 0 Å². The summed E-state index contributed by atoms with van der Waals surface area (Å²) in [6, 6.07) is 11.1. The first kappa shape index (κ1) is 15.6. The molecule has 1 aliphatic heterocycles. The molecule has 23 heavy (non-hydrogen) atoms. The van der Waals surface area contributed by atoms with Crippen molar-refractivity contribution in [3.05, 3.63) is 54.1 Å². The predicted molar refractivity (Wildman–Crippen MR) is 81.1 cm³/mol. The van der Waals surface area contributed by atoms with Gasteiger partial charge < -0.3 is 19.5 Å². The van der Waals surface area contributed by atoms with Gasteiger partial charge in [-0.05, 0) is 24.3 Å². The fourth-order valence-electron chi connectivity index (χ4n) is 2.27. The van der Waals surface area contributed by atoms with Crippen molar-refractivity contribution in [2.24, 2.45) is 0 Å². The lowest BCUT2D eigenvalue weighted by atomic mass is 10.2. The topological polar surface area (TPSA) is 39.7 Å². The number of benzene rings is 2. The Morgan fingerprint density at radius 2 is 1.78 bits per heavy atom. The summed E-state index contributed by atoms with van der Waals surface area (Å²) in [6.45, 7) is 1.60. The van der Waals surface area contributed by atoms with Crippen LogP contribution in [-0.2, 0) is 0 Å². The van der Waals surface area contributed by atoms with E-state index in [2.05, 4.69) is 5.32 Å². The Kier molecular flexibility index (Phi) is 4.92. The SMILES string of the molecule is Fc1cccc(F)c1OCCNC[C@@H]1COc2ccccc2O1. The van der Waals surface area contributed by atoms with Crippen LogP contribution in [-0.4, -0.2) is 32.4 Å². The fourth-order valence-corrected chi connectivity index (χ4v) is 2.27. The van der Waals surface area contributed by atoms with Crippen molar-refractivity contribution < 1.29 is 23.0 Å². The lowest BCUT2D eigenvalue weighted by Gasteiger charge is -2.26. The van der Waals surface area contributed by atoms with Gasteiger partial charge >= 0.3 is 0 Å². The highest BCUT2D eigenvalue weighted by Crippen LogP contribution is 2.30. The zero-order valence-electron chi connectivity index (χ0n) is 12.4. The van der Waals surface area contributed by atoms with Crippen LogP contribution in [0.25, 0.3) is 0 Å². The van der Waals surface area contributed by atoms with Gasteiger partial charge in [0.15, 0.2) is 28.9 Å². The molecule has 0 spiro atoms. The van der Waals surface area contributed by atoms with Gasteiger partial charge in [0.25, 0.3) is 0 Å². The minimum atomic E-state index is -0.703. The Labute approximate surface area is 133 Å². The van der Waals surface area contributed by atoms with Gasteiger partial charge in [0.05, 0.1) is 0 Å². The van der Waals surface area contributed by atoms with Gasteiger partial charge in [-0.25, -0.2) is 8.78 Å². The van der Waals surface area contributed by atoms with Crippen molar-refractivity contribution >= 4 is 0 Å². The first-order valence-electron chi connectivity index (χ1n) is 7.40. The van der Waals surface area contributed by atoms with Crippen molar-refractivity contribution in [3.8, 4) is 17.2 Å². The maximum atomic E-state index is 13.4. The van der Waals surface area contributed by atoms with Crippen LogP contribution in [0.4, 0.5) is 8.78 Å². The van der Waals surface area contributed by atoms with Crippen molar-refractivity contribution in [3.63, 3.8) is 0 Å². The standard InChI is InChI=1S/C17H17F2NO3/c18-13-4-3-5-14(19)17(13)21-9-8-20-10-12-11-22-15-6-1-2-7-16(15)23-12/h1-7,12,20H,8-11H2/t12-/m1/s1. The van der Waals surface area contributed by atoms with Crippen molar-refractivity contribution in [1.29, 1.82) is 0 Å². The molecular formula is C17H17F2NO3. The van der Waals surface area contributed by atoms with Crippen molar-refractivity contribution in [2.45, 2.75) is 6.10 Å². The van der Waals surface area contributed by atoms with E-state index in [4.69, 9.17) is 14.2 Å². The first-order chi connectivity index (χ1) is 11.2. The van der Waals surface area contributed by atoms with Crippen molar-refractivity contribution in [2.75, 3.05) is 26.3 Å². The lowest BCUT2D eigenvalue weighted by Crippen LogP contribution is -2.39. The van der Waals surface area contributed by atoms with Crippen LogP contribution in [0.1, 0.15) is 0 Å². The second kappa shape index (κ2) is 7.28. The summed E-state index contributed by atoms with van der Waals surface area (Å²) < 4.78 is 43.3. The first-order valence-corrected chi connectivity index (χ1v) is 7.40. The zero-order valence-corrected chi connectivity index (χ0v) is 12.4. The molecule has 2 aromatic rings. The number of hydrogen-bond acceptors (Lipinski definition) is 4. The summed E-state index contributed by atoms with van der Waals surface area (Å²) in [7, 11) is 0. The molecule has 1 atom stereocenters. The molecule has 0 unspecified atom stereocenters. The molecule has 3 rings (SSSR count). The van der Waals surface area contributed by atoms with Gasteiger partial charge in [-0.1, -0.05) is 18.2 Å². The Balaban J connectivity index is 1.39. The molecule has 0 bridgehead atoms. The van der Waals surface area contributed by atoms with Crippen LogP contribution < -0.4 is 19.5 Å². The number of rotatable bonds is 6. The van der Waals surface area contributed by atoms with Crippen LogP contribution in [0.2, 0.25) is 0 Å². The minimum absolute atomic E-state index is 0.116. The van der Waals surface area contributed by atoms with Gasteiger partial charge in [0, 0.05) is 13.1 Å². The molecule has 1 heterocycles. The normalized spacial score (nSPS) is 16.2. The van der Waals surface area contributed by atoms with Crippen molar-refractivity contribution in [1.82, 2.24) is 5.32 Å². The highest BCUT2D eigenvalue weighted by Gasteiger charge is 2.19. The van der Waals surface area contributed by atoms with E-state index < -0.39 is 11.6 Å². The third-order valence-electron chi connectivity index (χ3n) is 3.38. The number of halogens is 2. The van der Waals surface area contributed by atoms with Gasteiger partial charge in [-0.3, -0.25) is 0 Å². The minimum Gasteiger partial charge on any atom is -0.486 e. The second-order valence-corrected chi connectivity index (χ2v) is 5.10. The lowest BCUT2D eigenvalue weighted by molar-refractivity contribution is 0.0896. The third-order valence-corrected chi connectivity index (χ3v) is 3.38. The Morgan fingerprint density at radius 3 is 2.57 bits per heavy atom. The summed E-state index contributed by atoms with van der Waals surface area (Å²) in [5.74, 6) is -0.297. The molecular weight excluding hydrogens is 304 g/mol. The van der Waals surface area contributed by atoms with Crippen LogP contribution in [0.5, 0.6) is 17.2 Å². The molecule has 0 saturated carbocycles. The molecule has 6 heteroatoms. The summed E-state index contributed by atoms with van der Waals surface area (Å²) in [6.07, 6.45) is -0.116. The number of para-hydroxylation sites is 3. The largest absolute Gasteiger partial charge is 0.486 e. The van der Waals surface area contributed by atoms with E-state index in [0.29, 0.717) is 19.7 Å². The molecule has 122 valence electrons. The van der Waals surface area contributed by atoms with Gasteiger partial charge in [0.2, 0.25) is 0 Å². The molecule has 0 aliphatic carbocycles. The Hall–Kier alpha value is -2.34. The fraction of sp³-hybridized carbons (Fsp3) is 0.294. The number of ether oxygens (including phenoxy) is 3. The molecule has 0 radical (unpaired) electrons. The van der Waals surface area contributed by atoms with E-state index >= 15 is 0 Å². The Bertz CT molecular complexity index is 646. The molecule has 2 aromatic carbocycles. The van der Waals surface area contributed by atoms with Gasteiger partial charge in [-0.15, -0.1) is 0 Å². The molecule has 0 aromatic heterocycles. The molecule has 1 N–H and O–H groups in total. The van der Waals surface area contributed by atoms with Crippen LogP contribution in [0.3, 0.4) is 0 Å². The number of nitrogens with one attached hydrogen (secondary N) is 1. The van der Waals surface area contributed by atoms with E-state index in [0.717, 1.165) is 23.6 Å². The number of fused-ring (bicyclic) bond motifs is 1. The summed E-state index contributed by atoms with van der Waals surface area (Å²) >= 11 is 0. The monoisotopic (exact) mass is 321 g/mol. The molecule has 0 fully saturated rings. The van der Waals surface area contributed by atoms with Crippen LogP contribution in [0, 0.1) is 11.6 Å². The average Bonchev–Trinajstić information content (AvgIpc) is 2.57. The zero-order chi connectivity index (χ0) is 16.1.